The van der Waals surface area contributed by atoms with Crippen molar-refractivity contribution in [3.8, 4) is 0 Å². The summed E-state index contributed by atoms with van der Waals surface area (Å²) >= 11 is 0. The van der Waals surface area contributed by atoms with Crippen LogP contribution in [0.1, 0.15) is 10.4 Å². The van der Waals surface area contributed by atoms with Crippen LogP contribution in [0.5, 0.6) is 0 Å². The molecule has 0 radical (unpaired) electrons. The predicted molar refractivity (Wildman–Crippen MR) is 81.3 cm³/mol. The monoisotopic (exact) mass is 320 g/mol. The molecule has 0 aromatic heterocycles. The molecule has 2 aromatic rings. The summed E-state index contributed by atoms with van der Waals surface area (Å²) in [7, 11) is 1.29. The van der Waals surface area contributed by atoms with Crippen molar-refractivity contribution in [2.75, 3.05) is 24.3 Å². The molecule has 0 aliphatic rings. The zero-order valence-electron chi connectivity index (χ0n) is 12.2. The molecule has 0 unspecified atom stereocenters. The van der Waals surface area contributed by atoms with Crippen LogP contribution in [-0.2, 0) is 9.53 Å². The number of ether oxygens (including phenoxy) is 1. The highest BCUT2D eigenvalue weighted by molar-refractivity contribution is 5.94. The number of amides is 1. The van der Waals surface area contributed by atoms with E-state index in [-0.39, 0.29) is 12.2 Å². The molecule has 0 fully saturated rings. The molecule has 2 rings (SSSR count). The van der Waals surface area contributed by atoms with Crippen LogP contribution >= 0.6 is 0 Å². The number of anilines is 2. The summed E-state index contributed by atoms with van der Waals surface area (Å²) in [6, 6.07) is 9.46. The first-order chi connectivity index (χ1) is 11.0. The second kappa shape index (κ2) is 7.35. The summed E-state index contributed by atoms with van der Waals surface area (Å²) in [5, 5.41) is 5.28. The second-order valence-electron chi connectivity index (χ2n) is 4.60. The number of rotatable bonds is 5. The lowest BCUT2D eigenvalue weighted by Gasteiger charge is -2.08. The van der Waals surface area contributed by atoms with Gasteiger partial charge in [0.1, 0.15) is 0 Å². The van der Waals surface area contributed by atoms with E-state index in [2.05, 4.69) is 15.4 Å². The summed E-state index contributed by atoms with van der Waals surface area (Å²) in [6.07, 6.45) is 0. The first-order valence-electron chi connectivity index (χ1n) is 6.67. The molecule has 5 nitrogen and oxygen atoms in total. The zero-order valence-corrected chi connectivity index (χ0v) is 12.2. The van der Waals surface area contributed by atoms with Crippen molar-refractivity contribution < 1.29 is 23.1 Å². The van der Waals surface area contributed by atoms with Gasteiger partial charge in [0.15, 0.2) is 11.6 Å². The largest absolute Gasteiger partial charge is 0.465 e. The van der Waals surface area contributed by atoms with Crippen molar-refractivity contribution in [3.63, 3.8) is 0 Å². The van der Waals surface area contributed by atoms with Gasteiger partial charge in [-0.3, -0.25) is 4.79 Å². The van der Waals surface area contributed by atoms with Crippen molar-refractivity contribution in [1.82, 2.24) is 0 Å². The van der Waals surface area contributed by atoms with Crippen LogP contribution in [0.15, 0.2) is 42.5 Å². The van der Waals surface area contributed by atoms with Crippen LogP contribution < -0.4 is 10.6 Å². The van der Waals surface area contributed by atoms with Crippen molar-refractivity contribution in [1.29, 1.82) is 0 Å². The fourth-order valence-electron chi connectivity index (χ4n) is 1.80. The van der Waals surface area contributed by atoms with E-state index in [1.54, 1.807) is 24.3 Å². The Morgan fingerprint density at radius 3 is 2.26 bits per heavy atom. The van der Waals surface area contributed by atoms with E-state index in [1.165, 1.54) is 13.2 Å². The van der Waals surface area contributed by atoms with Gasteiger partial charge in [-0.25, -0.2) is 13.6 Å². The third-order valence-electron chi connectivity index (χ3n) is 2.96. The van der Waals surface area contributed by atoms with E-state index in [0.29, 0.717) is 11.3 Å². The van der Waals surface area contributed by atoms with Crippen molar-refractivity contribution in [2.24, 2.45) is 0 Å². The normalized spacial score (nSPS) is 10.0. The minimum atomic E-state index is -1.03. The number of halogens is 2. The van der Waals surface area contributed by atoms with Gasteiger partial charge in [-0.15, -0.1) is 0 Å². The molecule has 0 saturated carbocycles. The summed E-state index contributed by atoms with van der Waals surface area (Å²) in [5.41, 5.74) is 1.18. The average Bonchev–Trinajstić information content (AvgIpc) is 2.56. The Bertz CT molecular complexity index is 718. The van der Waals surface area contributed by atoms with Crippen molar-refractivity contribution in [3.05, 3.63) is 59.7 Å². The van der Waals surface area contributed by atoms with Gasteiger partial charge in [0.2, 0.25) is 5.91 Å². The first-order valence-corrected chi connectivity index (χ1v) is 6.67. The van der Waals surface area contributed by atoms with Gasteiger partial charge >= 0.3 is 5.97 Å². The quantitative estimate of drug-likeness (QED) is 0.831. The maximum Gasteiger partial charge on any atom is 0.337 e. The number of carbonyl (C=O) groups is 2. The van der Waals surface area contributed by atoms with E-state index in [1.807, 2.05) is 0 Å². The Morgan fingerprint density at radius 1 is 1.00 bits per heavy atom. The second-order valence-corrected chi connectivity index (χ2v) is 4.60. The topological polar surface area (TPSA) is 67.4 Å². The van der Waals surface area contributed by atoms with E-state index in [4.69, 9.17) is 0 Å². The van der Waals surface area contributed by atoms with Crippen LogP contribution in [0.4, 0.5) is 20.2 Å². The van der Waals surface area contributed by atoms with E-state index in [9.17, 15) is 18.4 Å². The summed E-state index contributed by atoms with van der Waals surface area (Å²) in [6.45, 7) is -0.0729. The minimum Gasteiger partial charge on any atom is -0.465 e. The van der Waals surface area contributed by atoms with Crippen LogP contribution in [-0.4, -0.2) is 25.5 Å². The molecule has 0 heterocycles. The zero-order chi connectivity index (χ0) is 16.8. The van der Waals surface area contributed by atoms with Gasteiger partial charge in [0.25, 0.3) is 0 Å². The van der Waals surface area contributed by atoms with Crippen LogP contribution in [0.2, 0.25) is 0 Å². The number of methoxy groups -OCH3 is 1. The van der Waals surface area contributed by atoms with Gasteiger partial charge in [0, 0.05) is 17.4 Å². The molecule has 120 valence electrons. The molecular weight excluding hydrogens is 306 g/mol. The average molecular weight is 320 g/mol. The predicted octanol–water partition coefficient (Wildman–Crippen LogP) is 2.80. The molecule has 0 bridgehead atoms. The molecule has 0 aliphatic carbocycles. The van der Waals surface area contributed by atoms with Gasteiger partial charge in [-0.05, 0) is 36.4 Å². The molecule has 0 aliphatic heterocycles. The molecule has 0 atom stereocenters. The van der Waals surface area contributed by atoms with E-state index in [0.717, 1.165) is 12.1 Å². The highest BCUT2D eigenvalue weighted by Crippen LogP contribution is 2.13. The standard InChI is InChI=1S/C16H14F2N2O3/c1-23-16(22)10-2-4-11(5-3-10)19-9-15(21)20-12-6-7-13(17)14(18)8-12/h2-8,19H,9H2,1H3,(H,20,21). The third-order valence-corrected chi connectivity index (χ3v) is 2.96. The molecule has 2 aromatic carbocycles. The Hall–Kier alpha value is -2.96. The molecule has 0 spiro atoms. The molecule has 0 saturated heterocycles. The maximum atomic E-state index is 13.0. The van der Waals surface area contributed by atoms with Gasteiger partial charge in [0.05, 0.1) is 19.2 Å². The smallest absolute Gasteiger partial charge is 0.337 e. The molecule has 1 amide bonds. The number of esters is 1. The van der Waals surface area contributed by atoms with E-state index < -0.39 is 23.5 Å². The number of nitrogens with one attached hydrogen (secondary N) is 2. The lowest BCUT2D eigenvalue weighted by atomic mass is 10.2. The number of carbonyl (C=O) groups excluding carboxylic acids is 2. The molecule has 2 N–H and O–H groups in total. The Kier molecular flexibility index (Phi) is 5.24. The Morgan fingerprint density at radius 2 is 1.65 bits per heavy atom. The van der Waals surface area contributed by atoms with Gasteiger partial charge < -0.3 is 15.4 Å². The number of hydrogen-bond donors (Lipinski definition) is 2. The van der Waals surface area contributed by atoms with Crippen LogP contribution in [0, 0.1) is 11.6 Å². The fraction of sp³-hybridized carbons (Fsp3) is 0.125. The highest BCUT2D eigenvalue weighted by Gasteiger charge is 2.07. The fourth-order valence-corrected chi connectivity index (χ4v) is 1.80. The van der Waals surface area contributed by atoms with Gasteiger partial charge in [-0.1, -0.05) is 0 Å². The summed E-state index contributed by atoms with van der Waals surface area (Å²) in [5.74, 6) is -2.89. The van der Waals surface area contributed by atoms with Crippen molar-refractivity contribution in [2.45, 2.75) is 0 Å². The molecular formula is C16H14F2N2O3. The van der Waals surface area contributed by atoms with Crippen LogP contribution in [0.25, 0.3) is 0 Å². The minimum absolute atomic E-state index is 0.0729. The van der Waals surface area contributed by atoms with Gasteiger partial charge in [-0.2, -0.15) is 0 Å². The molecule has 23 heavy (non-hydrogen) atoms. The lowest BCUT2D eigenvalue weighted by Crippen LogP contribution is -2.21. The SMILES string of the molecule is COC(=O)c1ccc(NCC(=O)Nc2ccc(F)c(F)c2)cc1. The summed E-state index contributed by atoms with van der Waals surface area (Å²) in [4.78, 5) is 23.0. The number of hydrogen-bond acceptors (Lipinski definition) is 4. The number of benzene rings is 2. The highest BCUT2D eigenvalue weighted by atomic mass is 19.2. The first kappa shape index (κ1) is 16.4. The Balaban J connectivity index is 1.88. The Labute approximate surface area is 131 Å². The molecule has 7 heteroatoms. The van der Waals surface area contributed by atoms with Crippen LogP contribution in [0.3, 0.4) is 0 Å². The summed E-state index contributed by atoms with van der Waals surface area (Å²) < 4.78 is 30.4. The van der Waals surface area contributed by atoms with E-state index >= 15 is 0 Å². The third kappa shape index (κ3) is 4.50. The lowest BCUT2D eigenvalue weighted by molar-refractivity contribution is -0.114. The maximum absolute atomic E-state index is 13.0. The van der Waals surface area contributed by atoms with Crippen molar-refractivity contribution >= 4 is 23.3 Å².